The molecule has 1 amide bonds. The molecule has 0 radical (unpaired) electrons. The van der Waals surface area contributed by atoms with E-state index in [4.69, 9.17) is 5.11 Å². The first-order valence-electron chi connectivity index (χ1n) is 6.82. The quantitative estimate of drug-likeness (QED) is 0.699. The molecule has 0 aromatic heterocycles. The number of carbonyl (C=O) groups excluding carboxylic acids is 1. The normalized spacial score (nSPS) is 12.3. The lowest BCUT2D eigenvalue weighted by Gasteiger charge is -2.08. The van der Waals surface area contributed by atoms with Crippen LogP contribution in [0, 0.1) is 0 Å². The van der Waals surface area contributed by atoms with E-state index in [1.807, 2.05) is 42.5 Å². The molecule has 0 fully saturated rings. The van der Waals surface area contributed by atoms with Crippen molar-refractivity contribution in [2.75, 3.05) is 19.6 Å². The van der Waals surface area contributed by atoms with Crippen molar-refractivity contribution in [2.45, 2.75) is 13.0 Å². The Bertz CT molecular complexity index is 581. The van der Waals surface area contributed by atoms with Gasteiger partial charge >= 0.3 is 0 Å². The van der Waals surface area contributed by atoms with Gasteiger partial charge in [0.05, 0.1) is 6.10 Å². The number of benzene rings is 2. The summed E-state index contributed by atoms with van der Waals surface area (Å²) in [6, 6.07) is 13.7. The second-order valence-corrected chi connectivity index (χ2v) is 4.87. The molecular formula is C16H20N2O2. The molecule has 4 nitrogen and oxygen atoms in total. The van der Waals surface area contributed by atoms with Crippen LogP contribution < -0.4 is 10.6 Å². The van der Waals surface area contributed by atoms with E-state index in [-0.39, 0.29) is 12.0 Å². The Morgan fingerprint density at radius 3 is 2.65 bits per heavy atom. The standard InChI is InChI=1S/C16H20N2O2/c1-12(19)11-17-8-9-18-16(20)15-7-6-13-4-2-3-5-14(13)10-15/h2-7,10,12,17,19H,8-9,11H2,1H3,(H,18,20). The second-order valence-electron chi connectivity index (χ2n) is 4.87. The maximum atomic E-state index is 12.0. The second kappa shape index (κ2) is 7.03. The minimum Gasteiger partial charge on any atom is -0.392 e. The van der Waals surface area contributed by atoms with Crippen molar-refractivity contribution in [1.82, 2.24) is 10.6 Å². The topological polar surface area (TPSA) is 61.4 Å². The summed E-state index contributed by atoms with van der Waals surface area (Å²) in [5.74, 6) is -0.0744. The zero-order valence-corrected chi connectivity index (χ0v) is 11.6. The Kier molecular flexibility index (Phi) is 5.09. The zero-order valence-electron chi connectivity index (χ0n) is 11.6. The highest BCUT2D eigenvalue weighted by Crippen LogP contribution is 2.15. The van der Waals surface area contributed by atoms with E-state index >= 15 is 0 Å². The maximum Gasteiger partial charge on any atom is 0.251 e. The van der Waals surface area contributed by atoms with E-state index in [2.05, 4.69) is 10.6 Å². The van der Waals surface area contributed by atoms with Crippen LogP contribution in [0.25, 0.3) is 10.8 Å². The molecule has 20 heavy (non-hydrogen) atoms. The Morgan fingerprint density at radius 2 is 1.90 bits per heavy atom. The number of hydrogen-bond acceptors (Lipinski definition) is 3. The number of hydrogen-bond donors (Lipinski definition) is 3. The fourth-order valence-corrected chi connectivity index (χ4v) is 2.01. The Labute approximate surface area is 118 Å². The minimum atomic E-state index is -0.369. The van der Waals surface area contributed by atoms with E-state index in [0.717, 1.165) is 10.8 Å². The third-order valence-corrected chi connectivity index (χ3v) is 3.04. The average molecular weight is 272 g/mol. The van der Waals surface area contributed by atoms with Gasteiger partial charge in [-0.3, -0.25) is 4.79 Å². The Morgan fingerprint density at radius 1 is 1.15 bits per heavy atom. The minimum absolute atomic E-state index is 0.0744. The summed E-state index contributed by atoms with van der Waals surface area (Å²) in [4.78, 5) is 12.0. The Balaban J connectivity index is 1.87. The van der Waals surface area contributed by atoms with E-state index < -0.39 is 0 Å². The lowest BCUT2D eigenvalue weighted by Crippen LogP contribution is -2.34. The molecule has 0 heterocycles. The van der Waals surface area contributed by atoms with Crippen molar-refractivity contribution in [3.05, 3.63) is 48.0 Å². The summed E-state index contributed by atoms with van der Waals surface area (Å²) < 4.78 is 0. The van der Waals surface area contributed by atoms with Crippen molar-refractivity contribution in [2.24, 2.45) is 0 Å². The number of aliphatic hydroxyl groups is 1. The van der Waals surface area contributed by atoms with Crippen molar-refractivity contribution >= 4 is 16.7 Å². The summed E-state index contributed by atoms with van der Waals surface area (Å²) in [7, 11) is 0. The summed E-state index contributed by atoms with van der Waals surface area (Å²) in [5.41, 5.74) is 0.666. The predicted molar refractivity (Wildman–Crippen MR) is 80.8 cm³/mol. The van der Waals surface area contributed by atoms with Gasteiger partial charge in [0.15, 0.2) is 0 Å². The lowest BCUT2D eigenvalue weighted by atomic mass is 10.1. The molecule has 0 bridgehead atoms. The van der Waals surface area contributed by atoms with Gasteiger partial charge in [-0.1, -0.05) is 30.3 Å². The van der Waals surface area contributed by atoms with Gasteiger partial charge in [-0.05, 0) is 29.8 Å². The van der Waals surface area contributed by atoms with Crippen LogP contribution in [0.3, 0.4) is 0 Å². The van der Waals surface area contributed by atoms with Crippen molar-refractivity contribution in [1.29, 1.82) is 0 Å². The van der Waals surface area contributed by atoms with Crippen LogP contribution in [0.15, 0.2) is 42.5 Å². The number of rotatable bonds is 6. The molecule has 4 heteroatoms. The van der Waals surface area contributed by atoms with Gasteiger partial charge in [0, 0.05) is 25.2 Å². The third-order valence-electron chi connectivity index (χ3n) is 3.04. The largest absolute Gasteiger partial charge is 0.392 e. The highest BCUT2D eigenvalue weighted by atomic mass is 16.3. The number of aliphatic hydroxyl groups excluding tert-OH is 1. The van der Waals surface area contributed by atoms with Gasteiger partial charge in [-0.2, -0.15) is 0 Å². The van der Waals surface area contributed by atoms with E-state index in [1.165, 1.54) is 0 Å². The molecule has 1 atom stereocenters. The van der Waals surface area contributed by atoms with E-state index in [1.54, 1.807) is 6.92 Å². The van der Waals surface area contributed by atoms with Crippen molar-refractivity contribution < 1.29 is 9.90 Å². The van der Waals surface area contributed by atoms with E-state index in [9.17, 15) is 4.79 Å². The molecular weight excluding hydrogens is 252 g/mol. The van der Waals surface area contributed by atoms with Crippen LogP contribution in [-0.4, -0.2) is 36.8 Å². The SMILES string of the molecule is CC(O)CNCCNC(=O)c1ccc2ccccc2c1. The van der Waals surface area contributed by atoms with Gasteiger partial charge in [-0.15, -0.1) is 0 Å². The van der Waals surface area contributed by atoms with Crippen molar-refractivity contribution in [3.63, 3.8) is 0 Å². The molecule has 0 saturated heterocycles. The first-order chi connectivity index (χ1) is 9.66. The van der Waals surface area contributed by atoms with E-state index in [0.29, 0.717) is 25.2 Å². The number of fused-ring (bicyclic) bond motifs is 1. The fraction of sp³-hybridized carbons (Fsp3) is 0.312. The van der Waals surface area contributed by atoms with Gasteiger partial charge in [0.25, 0.3) is 5.91 Å². The molecule has 0 aliphatic carbocycles. The first-order valence-corrected chi connectivity index (χ1v) is 6.82. The highest BCUT2D eigenvalue weighted by molar-refractivity contribution is 5.98. The molecule has 0 saturated carbocycles. The van der Waals surface area contributed by atoms with Gasteiger partial charge in [0.2, 0.25) is 0 Å². The molecule has 2 aromatic carbocycles. The van der Waals surface area contributed by atoms with Crippen LogP contribution in [0.4, 0.5) is 0 Å². The molecule has 1 unspecified atom stereocenters. The lowest BCUT2D eigenvalue weighted by molar-refractivity contribution is 0.0954. The van der Waals surface area contributed by atoms with Crippen LogP contribution in [0.1, 0.15) is 17.3 Å². The number of nitrogens with one attached hydrogen (secondary N) is 2. The molecule has 0 aliphatic heterocycles. The first kappa shape index (κ1) is 14.5. The monoisotopic (exact) mass is 272 g/mol. The summed E-state index contributed by atoms with van der Waals surface area (Å²) in [5, 5.41) is 17.2. The summed E-state index contributed by atoms with van der Waals surface area (Å²) >= 11 is 0. The third kappa shape index (κ3) is 4.05. The Hall–Kier alpha value is -1.91. The van der Waals surface area contributed by atoms with Gasteiger partial charge in [-0.25, -0.2) is 0 Å². The number of carbonyl (C=O) groups is 1. The van der Waals surface area contributed by atoms with Crippen LogP contribution >= 0.6 is 0 Å². The highest BCUT2D eigenvalue weighted by Gasteiger charge is 2.05. The average Bonchev–Trinajstić information content (AvgIpc) is 2.46. The maximum absolute atomic E-state index is 12.0. The van der Waals surface area contributed by atoms with Crippen LogP contribution in [0.5, 0.6) is 0 Å². The fourth-order valence-electron chi connectivity index (χ4n) is 2.01. The van der Waals surface area contributed by atoms with Gasteiger partial charge < -0.3 is 15.7 Å². The van der Waals surface area contributed by atoms with Crippen LogP contribution in [-0.2, 0) is 0 Å². The smallest absolute Gasteiger partial charge is 0.251 e. The van der Waals surface area contributed by atoms with Gasteiger partial charge in [0.1, 0.15) is 0 Å². The zero-order chi connectivity index (χ0) is 14.4. The van der Waals surface area contributed by atoms with Crippen molar-refractivity contribution in [3.8, 4) is 0 Å². The molecule has 3 N–H and O–H groups in total. The summed E-state index contributed by atoms with van der Waals surface area (Å²) in [6.07, 6.45) is -0.369. The predicted octanol–water partition coefficient (Wildman–Crippen LogP) is 1.54. The molecule has 0 spiro atoms. The molecule has 2 aromatic rings. The van der Waals surface area contributed by atoms with Crippen LogP contribution in [0.2, 0.25) is 0 Å². The summed E-state index contributed by atoms with van der Waals surface area (Å²) in [6.45, 7) is 3.44. The molecule has 2 rings (SSSR count). The number of amides is 1. The molecule has 0 aliphatic rings. The molecule has 106 valence electrons.